The lowest BCUT2D eigenvalue weighted by Gasteiger charge is -2.25. The second kappa shape index (κ2) is 7.42. The maximum atomic E-state index is 6.21. The van der Waals surface area contributed by atoms with Gasteiger partial charge in [0.2, 0.25) is 0 Å². The molecule has 0 aliphatic rings. The predicted molar refractivity (Wildman–Crippen MR) is 78.3 cm³/mol. The zero-order chi connectivity index (χ0) is 13.5. The number of hydrogen-bond acceptors (Lipinski definition) is 2. The van der Waals surface area contributed by atoms with Gasteiger partial charge in [-0.3, -0.25) is 0 Å². The van der Waals surface area contributed by atoms with E-state index in [4.69, 9.17) is 4.74 Å². The van der Waals surface area contributed by atoms with Crippen LogP contribution in [0.25, 0.3) is 0 Å². The molecule has 0 heterocycles. The number of benzene rings is 1. The Labute approximate surface area is 112 Å². The summed E-state index contributed by atoms with van der Waals surface area (Å²) in [6.45, 7) is 12.8. The van der Waals surface area contributed by atoms with Gasteiger partial charge >= 0.3 is 0 Å². The van der Waals surface area contributed by atoms with Crippen LogP contribution < -0.4 is 10.1 Å². The lowest BCUT2D eigenvalue weighted by molar-refractivity contribution is 0.148. The second-order valence-corrected chi connectivity index (χ2v) is 5.40. The van der Waals surface area contributed by atoms with Gasteiger partial charge in [0, 0.05) is 6.54 Å². The molecule has 0 aromatic heterocycles. The van der Waals surface area contributed by atoms with Gasteiger partial charge in [-0.25, -0.2) is 0 Å². The van der Waals surface area contributed by atoms with E-state index in [2.05, 4.69) is 58.1 Å². The van der Waals surface area contributed by atoms with Crippen LogP contribution in [0.15, 0.2) is 24.3 Å². The van der Waals surface area contributed by atoms with Gasteiger partial charge in [0.25, 0.3) is 0 Å². The molecule has 2 nitrogen and oxygen atoms in total. The normalized spacial score (nSPS) is 13.1. The fourth-order valence-electron chi connectivity index (χ4n) is 1.93. The lowest BCUT2D eigenvalue weighted by Crippen LogP contribution is -2.35. The summed E-state index contributed by atoms with van der Waals surface area (Å²) in [4.78, 5) is 0. The highest BCUT2D eigenvalue weighted by Crippen LogP contribution is 2.27. The van der Waals surface area contributed by atoms with E-state index >= 15 is 0 Å². The van der Waals surface area contributed by atoms with Crippen LogP contribution >= 0.6 is 0 Å². The molecule has 1 unspecified atom stereocenters. The van der Waals surface area contributed by atoms with Crippen LogP contribution in [0.1, 0.15) is 46.1 Å². The van der Waals surface area contributed by atoms with Gasteiger partial charge in [0.15, 0.2) is 0 Å². The summed E-state index contributed by atoms with van der Waals surface area (Å²) in [7, 11) is 0. The Morgan fingerprint density at radius 3 is 2.33 bits per heavy atom. The first-order chi connectivity index (χ1) is 8.56. The summed E-state index contributed by atoms with van der Waals surface area (Å²) < 4.78 is 6.21. The molecule has 0 spiro atoms. The quantitative estimate of drug-likeness (QED) is 0.793. The third-order valence-corrected chi connectivity index (χ3v) is 3.16. The van der Waals surface area contributed by atoms with Crippen molar-refractivity contribution < 1.29 is 4.74 Å². The van der Waals surface area contributed by atoms with Crippen LogP contribution in [0, 0.1) is 5.92 Å². The Morgan fingerprint density at radius 1 is 1.11 bits per heavy atom. The average Bonchev–Trinajstić information content (AvgIpc) is 2.34. The third-order valence-electron chi connectivity index (χ3n) is 3.16. The SMILES string of the molecule is CCNCC(Oc1ccccc1C(C)C)C(C)C. The number of nitrogens with one attached hydrogen (secondary N) is 1. The number of likely N-dealkylation sites (N-methyl/N-ethyl adjacent to an activating group) is 1. The maximum Gasteiger partial charge on any atom is 0.123 e. The van der Waals surface area contributed by atoms with Gasteiger partial charge in [-0.1, -0.05) is 52.8 Å². The van der Waals surface area contributed by atoms with E-state index in [0.717, 1.165) is 18.8 Å². The molecule has 1 N–H and O–H groups in total. The highest BCUT2D eigenvalue weighted by molar-refractivity contribution is 5.35. The minimum atomic E-state index is 0.227. The Hall–Kier alpha value is -1.02. The van der Waals surface area contributed by atoms with Gasteiger partial charge in [-0.15, -0.1) is 0 Å². The molecule has 0 radical (unpaired) electrons. The van der Waals surface area contributed by atoms with Gasteiger partial charge < -0.3 is 10.1 Å². The monoisotopic (exact) mass is 249 g/mol. The first kappa shape index (κ1) is 15.0. The first-order valence-corrected chi connectivity index (χ1v) is 7.02. The van der Waals surface area contributed by atoms with Gasteiger partial charge in [-0.2, -0.15) is 0 Å². The Bertz CT molecular complexity index is 347. The number of rotatable bonds is 7. The minimum absolute atomic E-state index is 0.227. The van der Waals surface area contributed by atoms with Crippen molar-refractivity contribution in [2.45, 2.75) is 46.6 Å². The van der Waals surface area contributed by atoms with E-state index in [1.54, 1.807) is 0 Å². The Balaban J connectivity index is 2.80. The second-order valence-electron chi connectivity index (χ2n) is 5.40. The average molecular weight is 249 g/mol. The Morgan fingerprint density at radius 2 is 1.78 bits per heavy atom. The number of hydrogen-bond donors (Lipinski definition) is 1. The molecule has 0 aliphatic heterocycles. The van der Waals surface area contributed by atoms with E-state index in [9.17, 15) is 0 Å². The first-order valence-electron chi connectivity index (χ1n) is 7.02. The van der Waals surface area contributed by atoms with Crippen LogP contribution in [0.4, 0.5) is 0 Å². The lowest BCUT2D eigenvalue weighted by atomic mass is 10.0. The summed E-state index contributed by atoms with van der Waals surface area (Å²) >= 11 is 0. The van der Waals surface area contributed by atoms with E-state index in [1.807, 2.05) is 6.07 Å². The van der Waals surface area contributed by atoms with Crippen molar-refractivity contribution >= 4 is 0 Å². The van der Waals surface area contributed by atoms with E-state index < -0.39 is 0 Å². The van der Waals surface area contributed by atoms with Crippen molar-refractivity contribution in [3.8, 4) is 5.75 Å². The zero-order valence-corrected chi connectivity index (χ0v) is 12.4. The summed E-state index contributed by atoms with van der Waals surface area (Å²) in [6, 6.07) is 8.37. The number of ether oxygens (including phenoxy) is 1. The number of para-hydroxylation sites is 1. The topological polar surface area (TPSA) is 21.3 Å². The van der Waals surface area contributed by atoms with Crippen molar-refractivity contribution in [3.05, 3.63) is 29.8 Å². The summed E-state index contributed by atoms with van der Waals surface area (Å²) in [5.41, 5.74) is 1.29. The van der Waals surface area contributed by atoms with Crippen LogP contribution in [-0.2, 0) is 0 Å². The smallest absolute Gasteiger partial charge is 0.123 e. The molecule has 18 heavy (non-hydrogen) atoms. The summed E-state index contributed by atoms with van der Waals surface area (Å²) in [5.74, 6) is 2.03. The van der Waals surface area contributed by atoms with Crippen molar-refractivity contribution in [1.82, 2.24) is 5.32 Å². The molecule has 0 amide bonds. The molecule has 102 valence electrons. The molecule has 0 saturated carbocycles. The molecule has 1 rings (SSSR count). The summed E-state index contributed by atoms with van der Waals surface area (Å²) in [6.07, 6.45) is 0.227. The predicted octanol–water partition coefficient (Wildman–Crippen LogP) is 3.82. The van der Waals surface area contributed by atoms with Crippen LogP contribution in [0.5, 0.6) is 5.75 Å². The minimum Gasteiger partial charge on any atom is -0.489 e. The van der Waals surface area contributed by atoms with Crippen LogP contribution in [-0.4, -0.2) is 19.2 Å². The van der Waals surface area contributed by atoms with Gasteiger partial charge in [-0.05, 0) is 30.0 Å². The largest absolute Gasteiger partial charge is 0.489 e. The molecule has 1 atom stereocenters. The molecule has 0 saturated heterocycles. The zero-order valence-electron chi connectivity index (χ0n) is 12.4. The van der Waals surface area contributed by atoms with E-state index in [1.165, 1.54) is 5.56 Å². The highest BCUT2D eigenvalue weighted by Gasteiger charge is 2.17. The molecule has 0 bridgehead atoms. The molecule has 1 aromatic rings. The van der Waals surface area contributed by atoms with Crippen molar-refractivity contribution in [2.75, 3.05) is 13.1 Å². The van der Waals surface area contributed by atoms with Crippen LogP contribution in [0.3, 0.4) is 0 Å². The van der Waals surface area contributed by atoms with E-state index in [-0.39, 0.29) is 6.10 Å². The van der Waals surface area contributed by atoms with Crippen molar-refractivity contribution in [1.29, 1.82) is 0 Å². The van der Waals surface area contributed by atoms with E-state index in [0.29, 0.717) is 11.8 Å². The third kappa shape index (κ3) is 4.34. The molecule has 0 fully saturated rings. The molecule has 0 aliphatic carbocycles. The fourth-order valence-corrected chi connectivity index (χ4v) is 1.93. The van der Waals surface area contributed by atoms with Gasteiger partial charge in [0.05, 0.1) is 0 Å². The fraction of sp³-hybridized carbons (Fsp3) is 0.625. The molecule has 2 heteroatoms. The summed E-state index contributed by atoms with van der Waals surface area (Å²) in [5, 5.41) is 3.37. The standard InChI is InChI=1S/C16H27NO/c1-6-17-11-16(13(4)5)18-15-10-8-7-9-14(15)12(2)3/h7-10,12-13,16-17H,6,11H2,1-5H3. The van der Waals surface area contributed by atoms with Crippen molar-refractivity contribution in [2.24, 2.45) is 5.92 Å². The van der Waals surface area contributed by atoms with Crippen molar-refractivity contribution in [3.63, 3.8) is 0 Å². The van der Waals surface area contributed by atoms with Gasteiger partial charge in [0.1, 0.15) is 11.9 Å². The van der Waals surface area contributed by atoms with Crippen LogP contribution in [0.2, 0.25) is 0 Å². The molecular weight excluding hydrogens is 222 g/mol. The Kier molecular flexibility index (Phi) is 6.20. The maximum absolute atomic E-state index is 6.21. The molecule has 1 aromatic carbocycles. The highest BCUT2D eigenvalue weighted by atomic mass is 16.5. The molecular formula is C16H27NO.